The van der Waals surface area contributed by atoms with Crippen LogP contribution in [0.25, 0.3) is 99.8 Å². The molecule has 0 fully saturated rings. The zero-order chi connectivity index (χ0) is 37.3. The molecule has 0 atom stereocenters. The second-order valence-corrected chi connectivity index (χ2v) is 14.8. The smallest absolute Gasteiger partial charge is 0.656 e. The zero-order valence-electron chi connectivity index (χ0n) is 31.3. The fourth-order valence-electron chi connectivity index (χ4n) is 8.38. The van der Waals surface area contributed by atoms with Crippen LogP contribution >= 0.6 is 0 Å². The number of pyridine rings is 1. The Hall–Kier alpha value is -6.55. The van der Waals surface area contributed by atoms with Crippen molar-refractivity contribution < 1.29 is 21.1 Å². The molecule has 5 nitrogen and oxygen atoms in total. The molecule has 0 aliphatic rings. The normalized spacial score (nSPS) is 11.7. The van der Waals surface area contributed by atoms with Crippen molar-refractivity contribution in [2.75, 3.05) is 0 Å². The van der Waals surface area contributed by atoms with E-state index >= 15 is 0 Å². The molecule has 11 aromatic rings. The Labute approximate surface area is 344 Å². The summed E-state index contributed by atoms with van der Waals surface area (Å²) in [6.07, 6.45) is 1.91. The fourth-order valence-corrected chi connectivity index (χ4v) is 8.38. The van der Waals surface area contributed by atoms with Crippen molar-refractivity contribution in [3.8, 4) is 45.1 Å². The monoisotopic (exact) mass is 912 g/mol. The fraction of sp³-hybridized carbons (Fsp3) is 0.0588. The number of imidazole rings is 1. The largest absolute Gasteiger partial charge is 2.00 e. The molecule has 0 radical (unpaired) electrons. The molecule has 6 heteroatoms. The first-order valence-electron chi connectivity index (χ1n) is 19.1. The first-order valence-corrected chi connectivity index (χ1v) is 19.1. The van der Waals surface area contributed by atoms with E-state index in [2.05, 4.69) is 187 Å². The Balaban J connectivity index is 0.00000396. The molecule has 0 aliphatic carbocycles. The molecule has 4 aromatic heterocycles. The predicted octanol–water partition coefficient (Wildman–Crippen LogP) is 12.7. The topological polar surface area (TPSA) is 49.7 Å². The van der Waals surface area contributed by atoms with Gasteiger partial charge < -0.3 is 9.55 Å². The van der Waals surface area contributed by atoms with Gasteiger partial charge in [-0.25, -0.2) is 9.97 Å². The maximum absolute atomic E-state index is 5.52. The molecule has 57 heavy (non-hydrogen) atoms. The van der Waals surface area contributed by atoms with Crippen LogP contribution < -0.4 is 4.98 Å². The van der Waals surface area contributed by atoms with E-state index in [1.54, 1.807) is 0 Å². The molecule has 0 spiro atoms. The van der Waals surface area contributed by atoms with Crippen molar-refractivity contribution >= 4 is 54.6 Å². The average molecular weight is 913 g/mol. The molecule has 4 heterocycles. The van der Waals surface area contributed by atoms with Gasteiger partial charge in [0, 0.05) is 23.0 Å². The predicted molar refractivity (Wildman–Crippen MR) is 231 cm³/mol. The molecule has 0 saturated carbocycles. The summed E-state index contributed by atoms with van der Waals surface area (Å²) >= 11 is 0. The van der Waals surface area contributed by atoms with Gasteiger partial charge in [0.25, 0.3) is 0 Å². The third-order valence-electron chi connectivity index (χ3n) is 11.1. The van der Waals surface area contributed by atoms with E-state index in [0.29, 0.717) is 5.92 Å². The van der Waals surface area contributed by atoms with Crippen LogP contribution in [0.15, 0.2) is 170 Å². The van der Waals surface area contributed by atoms with Gasteiger partial charge in [0.15, 0.2) is 0 Å². The van der Waals surface area contributed by atoms with Crippen LogP contribution in [0.3, 0.4) is 0 Å². The molecule has 274 valence electrons. The number of hydrogen-bond acceptors (Lipinski definition) is 2. The molecule has 0 N–H and O–H groups in total. The van der Waals surface area contributed by atoms with Crippen LogP contribution in [0.5, 0.6) is 0 Å². The van der Waals surface area contributed by atoms with E-state index in [-0.39, 0.29) is 21.1 Å². The summed E-state index contributed by atoms with van der Waals surface area (Å²) in [6.45, 7) is 4.49. The number of para-hydroxylation sites is 4. The van der Waals surface area contributed by atoms with Gasteiger partial charge in [0.2, 0.25) is 0 Å². The number of aromatic nitrogens is 5. The third kappa shape index (κ3) is 5.64. The van der Waals surface area contributed by atoms with Gasteiger partial charge in [-0.05, 0) is 80.7 Å². The molecule has 11 rings (SSSR count). The van der Waals surface area contributed by atoms with E-state index in [1.165, 1.54) is 10.9 Å². The number of rotatable bonds is 6. The Morgan fingerprint density at radius 1 is 0.579 bits per heavy atom. The van der Waals surface area contributed by atoms with Crippen molar-refractivity contribution in [3.63, 3.8) is 0 Å². The standard InChI is InChI=1S/C51H35N5.Pt/c1-32(2)34-24-26-45-43(29-34)40-25-23-36(30-47(40)56(45)48-31-35(27-28-52-48)33-13-5-3-6-14-33)38-18-12-22-46-50(38)54-51(55(46)37-15-7-4-8-16-37)42-20-11-19-41-39-17-9-10-21-44(39)53-49(41)42;/h3-29,31-32H,1-2H3;/q-2;+2. The average Bonchev–Trinajstić information content (AvgIpc) is 3.93. The van der Waals surface area contributed by atoms with Gasteiger partial charge in [0.1, 0.15) is 11.6 Å². The minimum absolute atomic E-state index is 0. The van der Waals surface area contributed by atoms with Crippen molar-refractivity contribution in [3.05, 3.63) is 182 Å². The summed E-state index contributed by atoms with van der Waals surface area (Å²) in [4.78, 5) is 15.6. The van der Waals surface area contributed by atoms with Crippen LogP contribution in [0.4, 0.5) is 0 Å². The molecule has 0 aliphatic heterocycles. The van der Waals surface area contributed by atoms with Crippen molar-refractivity contribution in [2.45, 2.75) is 19.8 Å². The Bertz CT molecular complexity index is 3280. The van der Waals surface area contributed by atoms with Crippen LogP contribution in [0.2, 0.25) is 0 Å². The van der Waals surface area contributed by atoms with Crippen LogP contribution in [0, 0.1) is 6.07 Å². The van der Waals surface area contributed by atoms with E-state index in [4.69, 9.17) is 15.0 Å². The molecule has 7 aromatic carbocycles. The first-order chi connectivity index (χ1) is 27.6. The molecule has 0 bridgehead atoms. The second-order valence-electron chi connectivity index (χ2n) is 14.8. The third-order valence-corrected chi connectivity index (χ3v) is 11.1. The summed E-state index contributed by atoms with van der Waals surface area (Å²) in [5.41, 5.74) is 13.5. The van der Waals surface area contributed by atoms with Gasteiger partial charge in [0.05, 0.1) is 11.0 Å². The molecule has 0 amide bonds. The molecular formula is C51H35N5Pt. The quantitative estimate of drug-likeness (QED) is 0.156. The van der Waals surface area contributed by atoms with Gasteiger partial charge in [-0.2, -0.15) is 0 Å². The van der Waals surface area contributed by atoms with Gasteiger partial charge in [-0.1, -0.05) is 140 Å². The maximum atomic E-state index is 5.52. The van der Waals surface area contributed by atoms with Crippen LogP contribution in [-0.4, -0.2) is 19.1 Å². The molecular weight excluding hydrogens is 878 g/mol. The van der Waals surface area contributed by atoms with Crippen LogP contribution in [0.1, 0.15) is 25.3 Å². The molecule has 0 saturated heterocycles. The summed E-state index contributed by atoms with van der Waals surface area (Å²) in [7, 11) is 0. The van der Waals surface area contributed by atoms with E-state index in [1.807, 2.05) is 12.3 Å². The number of benzene rings is 7. The minimum Gasteiger partial charge on any atom is -0.656 e. The summed E-state index contributed by atoms with van der Waals surface area (Å²) in [5, 5.41) is 4.61. The summed E-state index contributed by atoms with van der Waals surface area (Å²) < 4.78 is 4.54. The van der Waals surface area contributed by atoms with E-state index in [9.17, 15) is 0 Å². The number of nitrogens with zero attached hydrogens (tertiary/aromatic N) is 5. The second kappa shape index (κ2) is 13.9. The van der Waals surface area contributed by atoms with Crippen molar-refractivity contribution in [1.82, 2.24) is 24.1 Å². The summed E-state index contributed by atoms with van der Waals surface area (Å²) in [5.74, 6) is 2.11. The van der Waals surface area contributed by atoms with Gasteiger partial charge >= 0.3 is 21.1 Å². The zero-order valence-corrected chi connectivity index (χ0v) is 33.6. The first kappa shape index (κ1) is 34.9. The Morgan fingerprint density at radius 3 is 2.18 bits per heavy atom. The van der Waals surface area contributed by atoms with E-state index in [0.717, 1.165) is 94.4 Å². The number of fused-ring (bicyclic) bond motifs is 7. The Morgan fingerprint density at radius 2 is 1.33 bits per heavy atom. The number of hydrogen-bond donors (Lipinski definition) is 0. The van der Waals surface area contributed by atoms with Gasteiger partial charge in [-0.15, -0.1) is 34.8 Å². The van der Waals surface area contributed by atoms with Crippen molar-refractivity contribution in [2.24, 2.45) is 0 Å². The summed E-state index contributed by atoms with van der Waals surface area (Å²) in [6, 6.07) is 61.7. The van der Waals surface area contributed by atoms with E-state index < -0.39 is 0 Å². The van der Waals surface area contributed by atoms with Crippen LogP contribution in [-0.2, 0) is 21.1 Å². The minimum atomic E-state index is 0. The van der Waals surface area contributed by atoms with Crippen molar-refractivity contribution in [1.29, 1.82) is 0 Å². The molecule has 0 unspecified atom stereocenters. The maximum Gasteiger partial charge on any atom is 2.00 e. The Kier molecular flexibility index (Phi) is 8.50. The van der Waals surface area contributed by atoms with Gasteiger partial charge in [-0.3, -0.25) is 4.57 Å². The SMILES string of the molecule is CC(C)c1ccc2c(c1)c1ccc(-c3cccc4c3nc(-c3cccc5c3[n-]c3ccccc35)n4-c3ccccc3)[c-]c1n2-c1cc(-c2ccccc2)ccn1.[Pt+2].